The zero-order valence-electron chi connectivity index (χ0n) is 13.4. The van der Waals surface area contributed by atoms with E-state index in [-0.39, 0.29) is 6.67 Å². The molecule has 0 aromatic carbocycles. The van der Waals surface area contributed by atoms with Gasteiger partial charge in [-0.1, -0.05) is 12.5 Å². The molecule has 0 radical (unpaired) electrons. The predicted octanol–water partition coefficient (Wildman–Crippen LogP) is 3.68. The molecular weight excluding hydrogens is 279 g/mol. The first kappa shape index (κ1) is 14.9. The Bertz CT molecular complexity index is 514. The van der Waals surface area contributed by atoms with Crippen LogP contribution in [0.5, 0.6) is 0 Å². The third-order valence-electron chi connectivity index (χ3n) is 7.56. The quantitative estimate of drug-likeness (QED) is 0.802. The first-order valence-corrected chi connectivity index (χ1v) is 9.04. The SMILES string of the molecule is C[C@@H]1CC2=CC(=O)CC[C@@H]2[C@H]2CC[C@]3(CF)C(O)CC[C@H]3[C@@H]21. The van der Waals surface area contributed by atoms with Crippen molar-refractivity contribution in [3.8, 4) is 0 Å². The van der Waals surface area contributed by atoms with Gasteiger partial charge in [-0.25, -0.2) is 0 Å². The van der Waals surface area contributed by atoms with Gasteiger partial charge in [-0.15, -0.1) is 0 Å². The van der Waals surface area contributed by atoms with Gasteiger partial charge >= 0.3 is 0 Å². The van der Waals surface area contributed by atoms with E-state index in [0.717, 1.165) is 38.5 Å². The second kappa shape index (κ2) is 5.15. The maximum Gasteiger partial charge on any atom is 0.155 e. The standard InChI is InChI=1S/C19H27FO2/c1-11-8-12-9-13(21)2-3-14(12)15-6-7-19(10-20)16(18(11)15)4-5-17(19)22/h9,11,14-18,22H,2-8,10H2,1H3/t11-,14+,15-,16+,17?,18-,19-/m1/s1. The third-order valence-corrected chi connectivity index (χ3v) is 7.56. The molecular formula is C19H27FO2. The molecule has 3 fully saturated rings. The molecule has 4 rings (SSSR count). The van der Waals surface area contributed by atoms with E-state index in [2.05, 4.69) is 6.92 Å². The Kier molecular flexibility index (Phi) is 3.48. The molecule has 22 heavy (non-hydrogen) atoms. The van der Waals surface area contributed by atoms with Crippen LogP contribution >= 0.6 is 0 Å². The Labute approximate surface area is 132 Å². The van der Waals surface area contributed by atoms with Crippen molar-refractivity contribution >= 4 is 5.78 Å². The van der Waals surface area contributed by atoms with Crippen molar-refractivity contribution in [2.75, 3.05) is 6.67 Å². The maximum absolute atomic E-state index is 13.9. The Morgan fingerprint density at radius 2 is 2.14 bits per heavy atom. The minimum Gasteiger partial charge on any atom is -0.392 e. The summed E-state index contributed by atoms with van der Waals surface area (Å²) in [6, 6.07) is 0. The molecule has 0 heterocycles. The lowest BCUT2D eigenvalue weighted by Crippen LogP contribution is -2.52. The van der Waals surface area contributed by atoms with E-state index in [1.807, 2.05) is 6.08 Å². The number of hydrogen-bond acceptors (Lipinski definition) is 2. The number of fused-ring (bicyclic) bond motifs is 5. The van der Waals surface area contributed by atoms with Crippen molar-refractivity contribution in [3.05, 3.63) is 11.6 Å². The smallest absolute Gasteiger partial charge is 0.155 e. The number of alkyl halides is 1. The molecule has 7 atom stereocenters. The second-order valence-corrected chi connectivity index (χ2v) is 8.36. The molecule has 0 saturated heterocycles. The van der Waals surface area contributed by atoms with Gasteiger partial charge in [0.05, 0.1) is 12.8 Å². The number of aliphatic hydroxyl groups is 1. The summed E-state index contributed by atoms with van der Waals surface area (Å²) >= 11 is 0. The van der Waals surface area contributed by atoms with Gasteiger partial charge in [-0.05, 0) is 74.2 Å². The molecule has 0 bridgehead atoms. The first-order valence-electron chi connectivity index (χ1n) is 9.04. The van der Waals surface area contributed by atoms with Crippen LogP contribution < -0.4 is 0 Å². The topological polar surface area (TPSA) is 37.3 Å². The zero-order chi connectivity index (χ0) is 15.5. The summed E-state index contributed by atoms with van der Waals surface area (Å²) in [4.78, 5) is 11.7. The Hall–Kier alpha value is -0.700. The van der Waals surface area contributed by atoms with E-state index in [4.69, 9.17) is 0 Å². The summed E-state index contributed by atoms with van der Waals surface area (Å²) in [5.41, 5.74) is 0.914. The second-order valence-electron chi connectivity index (χ2n) is 8.36. The average molecular weight is 306 g/mol. The van der Waals surface area contributed by atoms with Gasteiger partial charge < -0.3 is 5.11 Å². The lowest BCUT2D eigenvalue weighted by Gasteiger charge is -2.55. The molecule has 3 heteroatoms. The van der Waals surface area contributed by atoms with Gasteiger partial charge in [0.1, 0.15) is 0 Å². The summed E-state index contributed by atoms with van der Waals surface area (Å²) in [5, 5.41) is 10.4. The number of hydrogen-bond donors (Lipinski definition) is 1. The van der Waals surface area contributed by atoms with Crippen molar-refractivity contribution < 1.29 is 14.3 Å². The fourth-order valence-electron chi connectivity index (χ4n) is 6.63. The molecule has 0 spiro atoms. The predicted molar refractivity (Wildman–Crippen MR) is 82.9 cm³/mol. The molecule has 0 aliphatic heterocycles. The van der Waals surface area contributed by atoms with Crippen molar-refractivity contribution in [2.45, 2.75) is 58.0 Å². The highest BCUT2D eigenvalue weighted by Gasteiger charge is 2.59. The van der Waals surface area contributed by atoms with E-state index >= 15 is 0 Å². The number of carbonyl (C=O) groups excluding carboxylic acids is 1. The summed E-state index contributed by atoms with van der Waals surface area (Å²) in [5.74, 6) is 2.85. The fourth-order valence-corrected chi connectivity index (χ4v) is 6.63. The molecule has 1 unspecified atom stereocenters. The highest BCUT2D eigenvalue weighted by Crippen LogP contribution is 2.63. The minimum absolute atomic E-state index is 0.294. The normalized spacial score (nSPS) is 50.9. The molecule has 4 aliphatic rings. The van der Waals surface area contributed by atoms with Crippen LogP contribution in [0.15, 0.2) is 11.6 Å². The van der Waals surface area contributed by atoms with Crippen LogP contribution in [0.3, 0.4) is 0 Å². The molecule has 0 aromatic heterocycles. The molecule has 122 valence electrons. The monoisotopic (exact) mass is 306 g/mol. The largest absolute Gasteiger partial charge is 0.392 e. The van der Waals surface area contributed by atoms with E-state index in [0.29, 0.717) is 41.8 Å². The van der Waals surface area contributed by atoms with Gasteiger partial charge in [0.25, 0.3) is 0 Å². The van der Waals surface area contributed by atoms with Gasteiger partial charge in [0, 0.05) is 11.8 Å². The number of carbonyl (C=O) groups is 1. The number of aliphatic hydroxyl groups excluding tert-OH is 1. The first-order chi connectivity index (χ1) is 10.6. The molecule has 1 N–H and O–H groups in total. The Balaban J connectivity index is 1.68. The lowest BCUT2D eigenvalue weighted by molar-refractivity contribution is -0.117. The summed E-state index contributed by atoms with van der Waals surface area (Å²) < 4.78 is 13.9. The van der Waals surface area contributed by atoms with E-state index in [1.165, 1.54) is 5.57 Å². The summed E-state index contributed by atoms with van der Waals surface area (Å²) in [6.45, 7) is 1.92. The molecule has 0 aromatic rings. The summed E-state index contributed by atoms with van der Waals surface area (Å²) in [6.07, 6.45) is 7.79. The van der Waals surface area contributed by atoms with Crippen LogP contribution in [-0.4, -0.2) is 23.7 Å². The van der Waals surface area contributed by atoms with Crippen LogP contribution in [-0.2, 0) is 4.79 Å². The van der Waals surface area contributed by atoms with Crippen LogP contribution in [0.2, 0.25) is 0 Å². The van der Waals surface area contributed by atoms with Gasteiger partial charge in [0.15, 0.2) is 5.78 Å². The number of rotatable bonds is 1. The van der Waals surface area contributed by atoms with Gasteiger partial charge in [-0.3, -0.25) is 9.18 Å². The molecule has 0 amide bonds. The highest BCUT2D eigenvalue weighted by atomic mass is 19.1. The van der Waals surface area contributed by atoms with Crippen molar-refractivity contribution in [2.24, 2.45) is 35.0 Å². The molecule has 3 saturated carbocycles. The van der Waals surface area contributed by atoms with Gasteiger partial charge in [-0.2, -0.15) is 0 Å². The fraction of sp³-hybridized carbons (Fsp3) is 0.842. The van der Waals surface area contributed by atoms with Crippen molar-refractivity contribution in [3.63, 3.8) is 0 Å². The lowest BCUT2D eigenvalue weighted by atomic mass is 9.49. The summed E-state index contributed by atoms with van der Waals surface area (Å²) in [7, 11) is 0. The van der Waals surface area contributed by atoms with Crippen LogP contribution in [0, 0.1) is 35.0 Å². The number of halogens is 1. The van der Waals surface area contributed by atoms with Crippen molar-refractivity contribution in [1.29, 1.82) is 0 Å². The molecule has 2 nitrogen and oxygen atoms in total. The van der Waals surface area contributed by atoms with Gasteiger partial charge in [0.2, 0.25) is 0 Å². The Morgan fingerprint density at radius 1 is 1.32 bits per heavy atom. The van der Waals surface area contributed by atoms with Crippen LogP contribution in [0.1, 0.15) is 51.9 Å². The number of allylic oxidation sites excluding steroid dienone is 1. The van der Waals surface area contributed by atoms with E-state index in [1.54, 1.807) is 0 Å². The zero-order valence-corrected chi connectivity index (χ0v) is 13.4. The molecule has 4 aliphatic carbocycles. The van der Waals surface area contributed by atoms with Crippen LogP contribution in [0.25, 0.3) is 0 Å². The van der Waals surface area contributed by atoms with Crippen LogP contribution in [0.4, 0.5) is 4.39 Å². The number of ketones is 1. The maximum atomic E-state index is 13.9. The average Bonchev–Trinajstić information content (AvgIpc) is 2.84. The van der Waals surface area contributed by atoms with E-state index < -0.39 is 11.5 Å². The van der Waals surface area contributed by atoms with E-state index in [9.17, 15) is 14.3 Å². The minimum atomic E-state index is -0.457. The highest BCUT2D eigenvalue weighted by molar-refractivity contribution is 5.91. The third kappa shape index (κ3) is 1.90. The Morgan fingerprint density at radius 3 is 2.91 bits per heavy atom. The van der Waals surface area contributed by atoms with Crippen molar-refractivity contribution in [1.82, 2.24) is 0 Å².